The van der Waals surface area contributed by atoms with Gasteiger partial charge in [-0.15, -0.1) is 0 Å². The molecule has 0 radical (unpaired) electrons. The minimum absolute atomic E-state index is 0.103. The number of fused-ring (bicyclic) bond motifs is 1. The van der Waals surface area contributed by atoms with Gasteiger partial charge in [-0.3, -0.25) is 0 Å². The molecule has 0 atom stereocenters. The highest BCUT2D eigenvalue weighted by Crippen LogP contribution is 2.29. The summed E-state index contributed by atoms with van der Waals surface area (Å²) in [7, 11) is 0. The lowest BCUT2D eigenvalue weighted by Gasteiger charge is -2.07. The zero-order valence-corrected chi connectivity index (χ0v) is 11.5. The van der Waals surface area contributed by atoms with E-state index in [-0.39, 0.29) is 5.52 Å². The van der Waals surface area contributed by atoms with Gasteiger partial charge >= 0.3 is 6.18 Å². The molecule has 0 aliphatic heterocycles. The van der Waals surface area contributed by atoms with Crippen LogP contribution in [0.1, 0.15) is 11.3 Å². The van der Waals surface area contributed by atoms with E-state index in [1.54, 1.807) is 12.1 Å². The van der Waals surface area contributed by atoms with E-state index in [4.69, 9.17) is 5.73 Å². The summed E-state index contributed by atoms with van der Waals surface area (Å²) in [6.07, 6.45) is -3.19. The minimum atomic E-state index is -4.49. The molecule has 3 aromatic rings. The summed E-state index contributed by atoms with van der Waals surface area (Å²) in [5, 5.41) is 0. The number of hydrogen-bond acceptors (Lipinski definition) is 4. The van der Waals surface area contributed by atoms with E-state index < -0.39 is 11.9 Å². The highest BCUT2D eigenvalue weighted by Gasteiger charge is 2.32. The van der Waals surface area contributed by atoms with E-state index in [1.165, 1.54) is 12.3 Å². The summed E-state index contributed by atoms with van der Waals surface area (Å²) in [5.74, 6) is 0.414. The van der Waals surface area contributed by atoms with Crippen LogP contribution in [0.3, 0.4) is 0 Å². The zero-order chi connectivity index (χ0) is 15.9. The first-order chi connectivity index (χ1) is 10.3. The van der Waals surface area contributed by atoms with Gasteiger partial charge in [-0.25, -0.2) is 15.0 Å². The Morgan fingerprint density at radius 2 is 1.77 bits per heavy atom. The van der Waals surface area contributed by atoms with Gasteiger partial charge < -0.3 is 5.73 Å². The first-order valence-electron chi connectivity index (χ1n) is 6.42. The molecule has 22 heavy (non-hydrogen) atoms. The third kappa shape index (κ3) is 2.57. The summed E-state index contributed by atoms with van der Waals surface area (Å²) >= 11 is 0. The first-order valence-corrected chi connectivity index (χ1v) is 6.42. The van der Waals surface area contributed by atoms with Crippen molar-refractivity contribution >= 4 is 16.7 Å². The molecule has 0 saturated carbocycles. The van der Waals surface area contributed by atoms with Gasteiger partial charge in [0.2, 0.25) is 0 Å². The zero-order valence-electron chi connectivity index (χ0n) is 11.5. The number of hydrogen-bond donors (Lipinski definition) is 1. The number of halogens is 3. The summed E-state index contributed by atoms with van der Waals surface area (Å²) in [4.78, 5) is 11.9. The highest BCUT2D eigenvalue weighted by atomic mass is 19.4. The molecule has 2 heterocycles. The summed E-state index contributed by atoms with van der Waals surface area (Å²) in [6, 6.07) is 7.53. The molecule has 3 rings (SSSR count). The Kier molecular flexibility index (Phi) is 3.20. The normalized spacial score (nSPS) is 11.8. The number of benzene rings is 1. The van der Waals surface area contributed by atoms with E-state index in [2.05, 4.69) is 15.0 Å². The average molecular weight is 304 g/mol. The van der Waals surface area contributed by atoms with E-state index in [0.717, 1.165) is 17.2 Å². The number of nitrogens with zero attached hydrogens (tertiary/aromatic N) is 3. The molecule has 0 fully saturated rings. The van der Waals surface area contributed by atoms with E-state index in [0.29, 0.717) is 17.0 Å². The third-order valence-corrected chi connectivity index (χ3v) is 3.26. The lowest BCUT2D eigenvalue weighted by molar-refractivity contribution is -0.140. The van der Waals surface area contributed by atoms with Crippen LogP contribution < -0.4 is 5.73 Å². The van der Waals surface area contributed by atoms with Gasteiger partial charge in [-0.1, -0.05) is 0 Å². The van der Waals surface area contributed by atoms with Gasteiger partial charge in [0.05, 0.1) is 11.7 Å². The highest BCUT2D eigenvalue weighted by molar-refractivity contribution is 5.76. The number of anilines is 1. The molecule has 2 N–H and O–H groups in total. The fourth-order valence-electron chi connectivity index (χ4n) is 2.03. The largest absolute Gasteiger partial charge is 0.433 e. The van der Waals surface area contributed by atoms with Crippen molar-refractivity contribution in [2.24, 2.45) is 0 Å². The molecule has 0 unspecified atom stereocenters. The number of pyridine rings is 1. The van der Waals surface area contributed by atoms with Crippen LogP contribution in [0.4, 0.5) is 18.9 Å². The first kappa shape index (κ1) is 14.2. The van der Waals surface area contributed by atoms with Crippen LogP contribution in [0.15, 0.2) is 36.5 Å². The van der Waals surface area contributed by atoms with Gasteiger partial charge in [-0.2, -0.15) is 13.2 Å². The van der Waals surface area contributed by atoms with Crippen molar-refractivity contribution in [2.45, 2.75) is 13.1 Å². The maximum atomic E-state index is 12.6. The van der Waals surface area contributed by atoms with Gasteiger partial charge in [0, 0.05) is 11.3 Å². The summed E-state index contributed by atoms with van der Waals surface area (Å²) in [6.45, 7) is 1.86. The molecule has 4 nitrogen and oxygen atoms in total. The Balaban J connectivity index is 2.08. The van der Waals surface area contributed by atoms with Gasteiger partial charge in [0.15, 0.2) is 5.82 Å². The lowest BCUT2D eigenvalue weighted by atomic mass is 10.1. The lowest BCUT2D eigenvalue weighted by Crippen LogP contribution is -2.08. The van der Waals surface area contributed by atoms with Gasteiger partial charge in [0.25, 0.3) is 0 Å². The smallest absolute Gasteiger partial charge is 0.399 e. The molecular weight excluding hydrogens is 293 g/mol. The second-order valence-corrected chi connectivity index (χ2v) is 4.86. The molecule has 0 aliphatic rings. The third-order valence-electron chi connectivity index (χ3n) is 3.26. The Hall–Kier alpha value is -2.70. The molecule has 0 amide bonds. The number of aromatic nitrogens is 3. The van der Waals surface area contributed by atoms with Crippen molar-refractivity contribution in [3.63, 3.8) is 0 Å². The van der Waals surface area contributed by atoms with E-state index in [9.17, 15) is 13.2 Å². The van der Waals surface area contributed by atoms with Crippen LogP contribution in [0.25, 0.3) is 22.4 Å². The van der Waals surface area contributed by atoms with Crippen LogP contribution in [0, 0.1) is 6.92 Å². The molecule has 112 valence electrons. The van der Waals surface area contributed by atoms with E-state index in [1.807, 2.05) is 13.0 Å². The number of nitrogen functional groups attached to an aromatic ring is 1. The molecule has 2 aromatic heterocycles. The van der Waals surface area contributed by atoms with Gasteiger partial charge in [0.1, 0.15) is 11.2 Å². The molecule has 1 aromatic carbocycles. The van der Waals surface area contributed by atoms with Crippen LogP contribution >= 0.6 is 0 Å². The predicted molar refractivity (Wildman–Crippen MR) is 76.9 cm³/mol. The SMILES string of the molecule is Cc1cc(-c2ncc3nc(C(F)(F)F)ccc3n2)ccc1N. The minimum Gasteiger partial charge on any atom is -0.399 e. The Labute approximate surface area is 123 Å². The fraction of sp³-hybridized carbons (Fsp3) is 0.133. The van der Waals surface area contributed by atoms with Crippen LogP contribution in [0.2, 0.25) is 0 Å². The Morgan fingerprint density at radius 3 is 2.45 bits per heavy atom. The van der Waals surface area contributed by atoms with Crippen molar-refractivity contribution in [3.8, 4) is 11.4 Å². The molecule has 0 saturated heterocycles. The monoisotopic (exact) mass is 304 g/mol. The Bertz CT molecular complexity index is 859. The number of rotatable bonds is 1. The second kappa shape index (κ2) is 4.94. The molecule has 0 spiro atoms. The van der Waals surface area contributed by atoms with Crippen molar-refractivity contribution < 1.29 is 13.2 Å². The number of aryl methyl sites for hydroxylation is 1. The standard InChI is InChI=1S/C15H11F3N4/c1-8-6-9(2-3-10(8)19)14-20-7-12-11(22-14)4-5-13(21-12)15(16,17)18/h2-7H,19H2,1H3. The Morgan fingerprint density at radius 1 is 1.00 bits per heavy atom. The number of alkyl halides is 3. The average Bonchev–Trinajstić information content (AvgIpc) is 2.48. The molecular formula is C15H11F3N4. The van der Waals surface area contributed by atoms with E-state index >= 15 is 0 Å². The topological polar surface area (TPSA) is 64.7 Å². The van der Waals surface area contributed by atoms with Crippen LogP contribution in [-0.2, 0) is 6.18 Å². The van der Waals surface area contributed by atoms with Crippen molar-refractivity contribution in [1.29, 1.82) is 0 Å². The maximum absolute atomic E-state index is 12.6. The predicted octanol–water partition coefficient (Wildman–Crippen LogP) is 3.60. The molecule has 7 heteroatoms. The quantitative estimate of drug-likeness (QED) is 0.698. The second-order valence-electron chi connectivity index (χ2n) is 4.86. The fourth-order valence-corrected chi connectivity index (χ4v) is 2.03. The van der Waals surface area contributed by atoms with Crippen molar-refractivity contribution in [2.75, 3.05) is 5.73 Å². The van der Waals surface area contributed by atoms with Crippen molar-refractivity contribution in [1.82, 2.24) is 15.0 Å². The molecule has 0 bridgehead atoms. The van der Waals surface area contributed by atoms with Crippen molar-refractivity contribution in [3.05, 3.63) is 47.8 Å². The maximum Gasteiger partial charge on any atom is 0.433 e. The van der Waals surface area contributed by atoms with Crippen LogP contribution in [0.5, 0.6) is 0 Å². The molecule has 0 aliphatic carbocycles. The van der Waals surface area contributed by atoms with Crippen LogP contribution in [-0.4, -0.2) is 15.0 Å². The van der Waals surface area contributed by atoms with Gasteiger partial charge in [-0.05, 0) is 42.8 Å². The summed E-state index contributed by atoms with van der Waals surface area (Å²) in [5.41, 5.74) is 7.53. The summed E-state index contributed by atoms with van der Waals surface area (Å²) < 4.78 is 37.9. The number of nitrogens with two attached hydrogens (primary N) is 1.